The molecule has 2 N–H and O–H groups in total. The van der Waals surface area contributed by atoms with Crippen molar-refractivity contribution in [3.8, 4) is 0 Å². The van der Waals surface area contributed by atoms with Crippen molar-refractivity contribution in [1.82, 2.24) is 4.98 Å². The Morgan fingerprint density at radius 1 is 1.62 bits per heavy atom. The van der Waals surface area contributed by atoms with Crippen LogP contribution < -0.4 is 5.73 Å². The molecular formula is C6H10ClN3O2S. The van der Waals surface area contributed by atoms with Crippen LogP contribution in [0.2, 0.25) is 0 Å². The van der Waals surface area contributed by atoms with E-state index in [4.69, 9.17) is 5.73 Å². The molecule has 7 heteroatoms. The summed E-state index contributed by atoms with van der Waals surface area (Å²) < 4.78 is 0. The third-order valence-corrected chi connectivity index (χ3v) is 2.22. The standard InChI is InChI=1S/C6H9N3O2S.ClH/c1-3(2)4-5(9(10)11)12-6(7)8-4;/h3H,1-2H3,(H2,7,8);1H. The van der Waals surface area contributed by atoms with E-state index in [0.29, 0.717) is 5.69 Å². The van der Waals surface area contributed by atoms with Crippen molar-refractivity contribution in [3.63, 3.8) is 0 Å². The Balaban J connectivity index is 0.00000144. The zero-order chi connectivity index (χ0) is 9.30. The fraction of sp³-hybridized carbons (Fsp3) is 0.500. The topological polar surface area (TPSA) is 82.0 Å². The summed E-state index contributed by atoms with van der Waals surface area (Å²) in [6.45, 7) is 3.70. The van der Waals surface area contributed by atoms with Gasteiger partial charge in [0, 0.05) is 5.92 Å². The Morgan fingerprint density at radius 2 is 2.15 bits per heavy atom. The Morgan fingerprint density at radius 3 is 2.46 bits per heavy atom. The van der Waals surface area contributed by atoms with Crippen LogP contribution in [-0.4, -0.2) is 9.91 Å². The molecule has 0 spiro atoms. The van der Waals surface area contributed by atoms with Crippen LogP contribution in [0.4, 0.5) is 10.1 Å². The van der Waals surface area contributed by atoms with Crippen molar-refractivity contribution >= 4 is 33.9 Å². The predicted molar refractivity (Wildman–Crippen MR) is 54.5 cm³/mol. The van der Waals surface area contributed by atoms with Gasteiger partial charge >= 0.3 is 5.00 Å². The lowest BCUT2D eigenvalue weighted by Gasteiger charge is -1.96. The lowest BCUT2D eigenvalue weighted by Crippen LogP contribution is -1.94. The third-order valence-electron chi connectivity index (χ3n) is 1.36. The van der Waals surface area contributed by atoms with E-state index in [-0.39, 0.29) is 28.5 Å². The highest BCUT2D eigenvalue weighted by molar-refractivity contribution is 7.18. The molecule has 0 atom stereocenters. The zero-order valence-corrected chi connectivity index (χ0v) is 8.82. The first-order valence-electron chi connectivity index (χ1n) is 3.43. The maximum atomic E-state index is 10.5. The highest BCUT2D eigenvalue weighted by Crippen LogP contribution is 2.32. The van der Waals surface area contributed by atoms with Crippen LogP contribution in [0, 0.1) is 10.1 Å². The molecule has 0 aromatic carbocycles. The van der Waals surface area contributed by atoms with Gasteiger partial charge in [-0.15, -0.1) is 12.4 Å². The monoisotopic (exact) mass is 223 g/mol. The molecule has 0 radical (unpaired) electrons. The molecule has 0 unspecified atom stereocenters. The highest BCUT2D eigenvalue weighted by Gasteiger charge is 2.22. The van der Waals surface area contributed by atoms with Gasteiger partial charge in [-0.25, -0.2) is 4.98 Å². The van der Waals surface area contributed by atoms with E-state index in [1.54, 1.807) is 0 Å². The molecule has 0 saturated carbocycles. The summed E-state index contributed by atoms with van der Waals surface area (Å²) in [7, 11) is 0. The van der Waals surface area contributed by atoms with Crippen LogP contribution in [-0.2, 0) is 0 Å². The molecule has 1 aromatic rings. The number of hydrogen-bond donors (Lipinski definition) is 1. The van der Waals surface area contributed by atoms with Crippen LogP contribution in [0.3, 0.4) is 0 Å². The second-order valence-corrected chi connectivity index (χ2v) is 3.66. The number of anilines is 1. The molecule has 0 saturated heterocycles. The number of hydrogen-bond acceptors (Lipinski definition) is 5. The molecular weight excluding hydrogens is 214 g/mol. The molecule has 1 aromatic heterocycles. The van der Waals surface area contributed by atoms with Crippen LogP contribution >= 0.6 is 23.7 Å². The van der Waals surface area contributed by atoms with Crippen molar-refractivity contribution in [2.75, 3.05) is 5.73 Å². The lowest BCUT2D eigenvalue weighted by atomic mass is 10.1. The summed E-state index contributed by atoms with van der Waals surface area (Å²) >= 11 is 0.918. The Labute approximate surface area is 85.5 Å². The summed E-state index contributed by atoms with van der Waals surface area (Å²) in [5.41, 5.74) is 5.83. The molecule has 0 amide bonds. The molecule has 13 heavy (non-hydrogen) atoms. The zero-order valence-electron chi connectivity index (χ0n) is 7.18. The smallest absolute Gasteiger partial charge is 0.349 e. The van der Waals surface area contributed by atoms with Crippen molar-refractivity contribution in [2.24, 2.45) is 0 Å². The number of nitrogen functional groups attached to an aromatic ring is 1. The maximum absolute atomic E-state index is 10.5. The average Bonchev–Trinajstić information content (AvgIpc) is 2.31. The van der Waals surface area contributed by atoms with Gasteiger partial charge in [0.1, 0.15) is 5.69 Å². The van der Waals surface area contributed by atoms with Crippen LogP contribution in [0.15, 0.2) is 0 Å². The second kappa shape index (κ2) is 4.38. The van der Waals surface area contributed by atoms with Gasteiger partial charge in [-0.1, -0.05) is 13.8 Å². The first kappa shape index (κ1) is 12.1. The summed E-state index contributed by atoms with van der Waals surface area (Å²) in [5, 5.41) is 10.8. The third kappa shape index (κ3) is 2.53. The molecule has 5 nitrogen and oxygen atoms in total. The SMILES string of the molecule is CC(C)c1nc(N)sc1[N+](=O)[O-].Cl. The molecule has 0 bridgehead atoms. The second-order valence-electron chi connectivity index (χ2n) is 2.65. The van der Waals surface area contributed by atoms with Gasteiger partial charge < -0.3 is 5.73 Å². The largest absolute Gasteiger partial charge is 0.375 e. The lowest BCUT2D eigenvalue weighted by molar-refractivity contribution is -0.381. The molecule has 0 aliphatic rings. The van der Waals surface area contributed by atoms with Crippen molar-refractivity contribution in [3.05, 3.63) is 15.8 Å². The normalized spacial score (nSPS) is 9.77. The van der Waals surface area contributed by atoms with Crippen molar-refractivity contribution < 1.29 is 4.92 Å². The van der Waals surface area contributed by atoms with Gasteiger partial charge in [-0.2, -0.15) is 0 Å². The van der Waals surface area contributed by atoms with Gasteiger partial charge in [0.25, 0.3) is 0 Å². The van der Waals surface area contributed by atoms with E-state index in [1.807, 2.05) is 13.8 Å². The first-order valence-corrected chi connectivity index (χ1v) is 4.24. The predicted octanol–water partition coefficient (Wildman–Crippen LogP) is 2.18. The molecule has 0 aliphatic carbocycles. The number of nitro groups is 1. The van der Waals surface area contributed by atoms with Gasteiger partial charge in [0.2, 0.25) is 0 Å². The van der Waals surface area contributed by atoms with E-state index in [0.717, 1.165) is 11.3 Å². The molecule has 74 valence electrons. The minimum Gasteiger partial charge on any atom is -0.375 e. The van der Waals surface area contributed by atoms with E-state index < -0.39 is 4.92 Å². The average molecular weight is 224 g/mol. The maximum Gasteiger partial charge on any atom is 0.349 e. The van der Waals surface area contributed by atoms with E-state index in [9.17, 15) is 10.1 Å². The Kier molecular flexibility index (Phi) is 4.09. The summed E-state index contributed by atoms with van der Waals surface area (Å²) in [6, 6.07) is 0. The van der Waals surface area contributed by atoms with E-state index in [1.165, 1.54) is 0 Å². The van der Waals surface area contributed by atoms with Gasteiger partial charge in [0.15, 0.2) is 5.13 Å². The number of thiazole rings is 1. The van der Waals surface area contributed by atoms with Gasteiger partial charge in [-0.3, -0.25) is 10.1 Å². The quantitative estimate of drug-likeness (QED) is 0.615. The minimum atomic E-state index is -0.441. The van der Waals surface area contributed by atoms with E-state index >= 15 is 0 Å². The number of nitrogens with two attached hydrogens (primary N) is 1. The van der Waals surface area contributed by atoms with Crippen LogP contribution in [0.5, 0.6) is 0 Å². The number of halogens is 1. The summed E-state index contributed by atoms with van der Waals surface area (Å²) in [4.78, 5) is 13.9. The number of nitrogens with zero attached hydrogens (tertiary/aromatic N) is 2. The van der Waals surface area contributed by atoms with Crippen LogP contribution in [0.25, 0.3) is 0 Å². The Bertz CT molecular complexity index is 313. The van der Waals surface area contributed by atoms with Gasteiger partial charge in [0.05, 0.1) is 4.92 Å². The van der Waals surface area contributed by atoms with Crippen molar-refractivity contribution in [1.29, 1.82) is 0 Å². The van der Waals surface area contributed by atoms with Crippen molar-refractivity contribution in [2.45, 2.75) is 19.8 Å². The summed E-state index contributed by atoms with van der Waals surface area (Å²) in [5.74, 6) is 0.0407. The highest BCUT2D eigenvalue weighted by atomic mass is 35.5. The summed E-state index contributed by atoms with van der Waals surface area (Å²) in [6.07, 6.45) is 0. The molecule has 1 heterocycles. The minimum absolute atomic E-state index is 0. The van der Waals surface area contributed by atoms with Crippen LogP contribution in [0.1, 0.15) is 25.5 Å². The first-order chi connectivity index (χ1) is 5.52. The van der Waals surface area contributed by atoms with Gasteiger partial charge in [-0.05, 0) is 11.3 Å². The molecule has 0 aliphatic heterocycles. The molecule has 1 rings (SSSR count). The number of aromatic nitrogens is 1. The number of rotatable bonds is 2. The van der Waals surface area contributed by atoms with E-state index in [2.05, 4.69) is 4.98 Å². The molecule has 0 fully saturated rings. The Hall–Kier alpha value is -0.880. The fourth-order valence-corrected chi connectivity index (χ4v) is 1.65. The fourth-order valence-electron chi connectivity index (χ4n) is 0.848.